The summed E-state index contributed by atoms with van der Waals surface area (Å²) in [5.74, 6) is 1.70. The molecule has 4 aromatic rings. The zero-order valence-electron chi connectivity index (χ0n) is 16.8. The van der Waals surface area contributed by atoms with Crippen LogP contribution in [0.5, 0.6) is 5.75 Å². The standard InChI is InChI=1S/C21H19ClN6O2S/c1-13-10-18(28(27-13)15-6-4-3-5-7-15)23-19(29)12-31-21-24-20(25-26-21)16-11-14(22)8-9-17(16)30-2/h3-11H,12H2,1-2H3,(H,23,29)(H,24,25,26). The van der Waals surface area contributed by atoms with Crippen molar-refractivity contribution in [2.24, 2.45) is 0 Å². The molecule has 0 fully saturated rings. The first-order valence-electron chi connectivity index (χ1n) is 9.34. The van der Waals surface area contributed by atoms with Crippen molar-refractivity contribution in [2.45, 2.75) is 12.1 Å². The lowest BCUT2D eigenvalue weighted by Crippen LogP contribution is -2.17. The van der Waals surface area contributed by atoms with E-state index in [9.17, 15) is 4.79 Å². The minimum atomic E-state index is -0.186. The SMILES string of the molecule is COc1ccc(Cl)cc1-c1nc(SCC(=O)Nc2cc(C)nn2-c2ccccc2)n[nH]1. The normalized spacial score (nSPS) is 10.8. The summed E-state index contributed by atoms with van der Waals surface area (Å²) in [7, 11) is 1.57. The molecule has 1 amide bonds. The number of methoxy groups -OCH3 is 1. The highest BCUT2D eigenvalue weighted by Crippen LogP contribution is 2.31. The lowest BCUT2D eigenvalue weighted by molar-refractivity contribution is -0.113. The number of carbonyl (C=O) groups excluding carboxylic acids is 1. The second-order valence-corrected chi connectivity index (χ2v) is 7.95. The Morgan fingerprint density at radius 3 is 2.81 bits per heavy atom. The third kappa shape index (κ3) is 4.89. The van der Waals surface area contributed by atoms with Crippen LogP contribution in [0, 0.1) is 6.92 Å². The van der Waals surface area contributed by atoms with Gasteiger partial charge in [-0.1, -0.05) is 41.6 Å². The maximum absolute atomic E-state index is 12.5. The van der Waals surface area contributed by atoms with E-state index in [0.717, 1.165) is 11.4 Å². The third-order valence-electron chi connectivity index (χ3n) is 4.31. The topological polar surface area (TPSA) is 97.7 Å². The maximum atomic E-state index is 12.5. The number of halogens is 1. The molecule has 0 unspecified atom stereocenters. The zero-order valence-corrected chi connectivity index (χ0v) is 18.4. The Labute approximate surface area is 188 Å². The maximum Gasteiger partial charge on any atom is 0.236 e. The van der Waals surface area contributed by atoms with Gasteiger partial charge in [-0.25, -0.2) is 9.67 Å². The number of aromatic nitrogens is 5. The molecule has 8 nitrogen and oxygen atoms in total. The molecule has 0 atom stereocenters. The predicted molar refractivity (Wildman–Crippen MR) is 121 cm³/mol. The summed E-state index contributed by atoms with van der Waals surface area (Å²) in [5.41, 5.74) is 2.37. The summed E-state index contributed by atoms with van der Waals surface area (Å²) < 4.78 is 7.06. The number of aromatic amines is 1. The van der Waals surface area contributed by atoms with Crippen molar-refractivity contribution >= 4 is 35.1 Å². The minimum absolute atomic E-state index is 0.142. The Balaban J connectivity index is 1.43. The van der Waals surface area contributed by atoms with Gasteiger partial charge in [-0.3, -0.25) is 9.89 Å². The number of nitrogens with zero attached hydrogens (tertiary/aromatic N) is 4. The molecule has 4 rings (SSSR count). The van der Waals surface area contributed by atoms with Crippen molar-refractivity contribution in [3.8, 4) is 22.8 Å². The number of hydrogen-bond donors (Lipinski definition) is 2. The fourth-order valence-corrected chi connectivity index (χ4v) is 3.73. The van der Waals surface area contributed by atoms with Gasteiger partial charge in [0.15, 0.2) is 5.82 Å². The lowest BCUT2D eigenvalue weighted by Gasteiger charge is -2.08. The number of rotatable bonds is 7. The van der Waals surface area contributed by atoms with Crippen molar-refractivity contribution in [1.82, 2.24) is 25.0 Å². The second kappa shape index (κ2) is 9.23. The van der Waals surface area contributed by atoms with Crippen molar-refractivity contribution in [3.63, 3.8) is 0 Å². The largest absolute Gasteiger partial charge is 0.496 e. The Kier molecular flexibility index (Phi) is 6.24. The average Bonchev–Trinajstić information content (AvgIpc) is 3.39. The first kappa shape index (κ1) is 21.0. The van der Waals surface area contributed by atoms with E-state index in [0.29, 0.717) is 33.1 Å². The highest BCUT2D eigenvalue weighted by Gasteiger charge is 2.15. The van der Waals surface area contributed by atoms with Crippen LogP contribution < -0.4 is 10.1 Å². The van der Waals surface area contributed by atoms with Crippen LogP contribution in [0.2, 0.25) is 5.02 Å². The van der Waals surface area contributed by atoms with Crippen molar-refractivity contribution in [1.29, 1.82) is 0 Å². The highest BCUT2D eigenvalue weighted by atomic mass is 35.5. The van der Waals surface area contributed by atoms with Crippen LogP contribution >= 0.6 is 23.4 Å². The van der Waals surface area contributed by atoms with Crippen LogP contribution in [0.1, 0.15) is 5.69 Å². The molecule has 0 radical (unpaired) electrons. The van der Waals surface area contributed by atoms with Crippen LogP contribution in [0.3, 0.4) is 0 Å². The summed E-state index contributed by atoms with van der Waals surface area (Å²) in [6, 6.07) is 16.7. The highest BCUT2D eigenvalue weighted by molar-refractivity contribution is 7.99. The van der Waals surface area contributed by atoms with E-state index in [1.165, 1.54) is 11.8 Å². The average molecular weight is 455 g/mol. The van der Waals surface area contributed by atoms with E-state index >= 15 is 0 Å². The molecule has 0 spiro atoms. The Morgan fingerprint density at radius 2 is 2.03 bits per heavy atom. The van der Waals surface area contributed by atoms with Crippen LogP contribution in [0.15, 0.2) is 59.8 Å². The molecule has 158 valence electrons. The molecule has 0 aliphatic carbocycles. The van der Waals surface area contributed by atoms with Crippen molar-refractivity contribution in [2.75, 3.05) is 18.2 Å². The molecule has 0 aliphatic heterocycles. The lowest BCUT2D eigenvalue weighted by atomic mass is 10.2. The number of hydrogen-bond acceptors (Lipinski definition) is 6. The quantitative estimate of drug-likeness (QED) is 0.403. The van der Waals surface area contributed by atoms with Gasteiger partial charge in [-0.2, -0.15) is 5.10 Å². The van der Waals surface area contributed by atoms with Crippen LogP contribution in [0.25, 0.3) is 17.1 Å². The molecule has 2 aromatic heterocycles. The zero-order chi connectivity index (χ0) is 21.8. The van der Waals surface area contributed by atoms with Crippen LogP contribution in [-0.4, -0.2) is 43.7 Å². The number of thioether (sulfide) groups is 1. The van der Waals surface area contributed by atoms with Gasteiger partial charge in [0.25, 0.3) is 0 Å². The summed E-state index contributed by atoms with van der Waals surface area (Å²) in [6.07, 6.45) is 0. The number of H-pyrrole nitrogens is 1. The Bertz CT molecular complexity index is 1210. The van der Waals surface area contributed by atoms with Crippen LogP contribution in [-0.2, 0) is 4.79 Å². The molecule has 10 heteroatoms. The van der Waals surface area contributed by atoms with Crippen LogP contribution in [0.4, 0.5) is 5.82 Å². The molecule has 2 N–H and O–H groups in total. The molecule has 2 aromatic carbocycles. The number of para-hydroxylation sites is 1. The summed E-state index contributed by atoms with van der Waals surface area (Å²) in [5, 5.41) is 15.4. The van der Waals surface area contributed by atoms with Gasteiger partial charge in [0.2, 0.25) is 11.1 Å². The van der Waals surface area contributed by atoms with Gasteiger partial charge in [0, 0.05) is 11.1 Å². The molecule has 0 bridgehead atoms. The van der Waals surface area contributed by atoms with Gasteiger partial charge < -0.3 is 10.1 Å². The second-order valence-electron chi connectivity index (χ2n) is 6.57. The fraction of sp³-hybridized carbons (Fsp3) is 0.143. The number of nitrogens with one attached hydrogen (secondary N) is 2. The number of ether oxygens (including phenoxy) is 1. The molecule has 2 heterocycles. The van der Waals surface area contributed by atoms with E-state index in [4.69, 9.17) is 16.3 Å². The Hall–Kier alpha value is -3.30. The minimum Gasteiger partial charge on any atom is -0.496 e. The van der Waals surface area contributed by atoms with Gasteiger partial charge in [-0.15, -0.1) is 5.10 Å². The summed E-state index contributed by atoms with van der Waals surface area (Å²) in [4.78, 5) is 17.0. The third-order valence-corrected chi connectivity index (χ3v) is 5.40. The summed E-state index contributed by atoms with van der Waals surface area (Å²) in [6.45, 7) is 1.88. The Morgan fingerprint density at radius 1 is 1.23 bits per heavy atom. The van der Waals surface area contributed by atoms with Crippen molar-refractivity contribution < 1.29 is 9.53 Å². The number of carbonyl (C=O) groups is 1. The number of benzene rings is 2. The van der Waals surface area contributed by atoms with E-state index < -0.39 is 0 Å². The molecule has 31 heavy (non-hydrogen) atoms. The van der Waals surface area contributed by atoms with Gasteiger partial charge in [-0.05, 0) is 37.3 Å². The van der Waals surface area contributed by atoms with Gasteiger partial charge in [0.1, 0.15) is 11.6 Å². The molecule has 0 saturated heterocycles. The molecule has 0 aliphatic rings. The van der Waals surface area contributed by atoms with E-state index in [1.807, 2.05) is 43.3 Å². The van der Waals surface area contributed by atoms with Crippen molar-refractivity contribution in [3.05, 3.63) is 65.3 Å². The van der Waals surface area contributed by atoms with Gasteiger partial charge in [0.05, 0.1) is 29.8 Å². The predicted octanol–water partition coefficient (Wildman–Crippen LogP) is 4.36. The molecular weight excluding hydrogens is 436 g/mol. The number of aryl methyl sites for hydroxylation is 1. The smallest absolute Gasteiger partial charge is 0.236 e. The van der Waals surface area contributed by atoms with E-state index in [1.54, 1.807) is 30.0 Å². The first-order valence-corrected chi connectivity index (χ1v) is 10.7. The monoisotopic (exact) mass is 454 g/mol. The molecule has 0 saturated carbocycles. The number of amides is 1. The number of anilines is 1. The van der Waals surface area contributed by atoms with E-state index in [-0.39, 0.29) is 11.7 Å². The summed E-state index contributed by atoms with van der Waals surface area (Å²) >= 11 is 7.31. The van der Waals surface area contributed by atoms with E-state index in [2.05, 4.69) is 25.6 Å². The molecular formula is C21H19ClN6O2S. The fourth-order valence-electron chi connectivity index (χ4n) is 2.96. The first-order chi connectivity index (χ1) is 15.0. The van der Waals surface area contributed by atoms with Gasteiger partial charge >= 0.3 is 0 Å².